The Morgan fingerprint density at radius 3 is 1.97 bits per heavy atom. The molecule has 0 spiro atoms. The van der Waals surface area contributed by atoms with Crippen molar-refractivity contribution in [3.63, 3.8) is 0 Å². The summed E-state index contributed by atoms with van der Waals surface area (Å²) in [5.41, 5.74) is 6.35. The predicted octanol–water partition coefficient (Wildman–Crippen LogP) is 6.41. The van der Waals surface area contributed by atoms with Crippen LogP contribution < -0.4 is 4.74 Å². The molecule has 0 fully saturated rings. The summed E-state index contributed by atoms with van der Waals surface area (Å²) in [7, 11) is 4.10. The lowest BCUT2D eigenvalue weighted by Gasteiger charge is -2.17. The van der Waals surface area contributed by atoms with Crippen LogP contribution in [-0.4, -0.2) is 38.0 Å². The molecule has 0 aliphatic heterocycles. The number of alkyl halides is 1. The second-order valence-corrected chi connectivity index (χ2v) is 7.98. The minimum absolute atomic E-state index is 0.592. The second-order valence-electron chi connectivity index (χ2n) is 7.60. The van der Waals surface area contributed by atoms with Gasteiger partial charge in [0.05, 0.1) is 0 Å². The maximum Gasteiger partial charge on any atom is 0.119 e. The molecule has 0 aromatic heterocycles. The largest absolute Gasteiger partial charge is 0.492 e. The molecule has 0 aliphatic rings. The molecule has 156 valence electrons. The fraction of sp³-hybridized carbons (Fsp3) is 0.259. The predicted molar refractivity (Wildman–Crippen MR) is 129 cm³/mol. The highest BCUT2D eigenvalue weighted by Crippen LogP contribution is 2.33. The highest BCUT2D eigenvalue weighted by Gasteiger charge is 2.13. The van der Waals surface area contributed by atoms with Crippen molar-refractivity contribution in [2.75, 3.05) is 33.1 Å². The highest BCUT2D eigenvalue weighted by molar-refractivity contribution is 6.18. The van der Waals surface area contributed by atoms with Gasteiger partial charge in [0.15, 0.2) is 0 Å². The molecule has 0 radical (unpaired) electrons. The van der Waals surface area contributed by atoms with Gasteiger partial charge in [0, 0.05) is 12.4 Å². The van der Waals surface area contributed by atoms with Crippen LogP contribution in [0, 0.1) is 0 Å². The summed E-state index contributed by atoms with van der Waals surface area (Å²) in [4.78, 5) is 2.12. The Balaban J connectivity index is 1.96. The van der Waals surface area contributed by atoms with Gasteiger partial charge in [-0.25, -0.2) is 0 Å². The zero-order chi connectivity index (χ0) is 21.2. The van der Waals surface area contributed by atoms with Gasteiger partial charge in [-0.15, -0.1) is 11.6 Å². The summed E-state index contributed by atoms with van der Waals surface area (Å²) in [6.07, 6.45) is 1.69. The van der Waals surface area contributed by atoms with Gasteiger partial charge in [-0.3, -0.25) is 0 Å². The first-order valence-corrected chi connectivity index (χ1v) is 11.0. The SMILES string of the molecule is CN(C)CCOc1ccc(/C(Cc2ccccc2)=C(/CCCl)c2ccccc2)cc1. The lowest BCUT2D eigenvalue weighted by Crippen LogP contribution is -2.19. The van der Waals surface area contributed by atoms with Gasteiger partial charge < -0.3 is 9.64 Å². The monoisotopic (exact) mass is 419 g/mol. The van der Waals surface area contributed by atoms with Crippen LogP contribution in [-0.2, 0) is 6.42 Å². The van der Waals surface area contributed by atoms with Crippen molar-refractivity contribution >= 4 is 22.7 Å². The molecule has 3 rings (SSSR count). The van der Waals surface area contributed by atoms with Crippen LogP contribution in [0.3, 0.4) is 0 Å². The van der Waals surface area contributed by atoms with E-state index in [0.717, 1.165) is 25.1 Å². The number of halogens is 1. The molecule has 2 nitrogen and oxygen atoms in total. The molecule has 3 aromatic rings. The van der Waals surface area contributed by atoms with Crippen molar-refractivity contribution in [1.29, 1.82) is 0 Å². The van der Waals surface area contributed by atoms with Crippen molar-refractivity contribution in [2.24, 2.45) is 0 Å². The number of rotatable bonds is 10. The Bertz CT molecular complexity index is 918. The first-order valence-electron chi connectivity index (χ1n) is 10.4. The van der Waals surface area contributed by atoms with Crippen molar-refractivity contribution in [1.82, 2.24) is 4.90 Å². The molecule has 0 bridgehead atoms. The minimum Gasteiger partial charge on any atom is -0.492 e. The quantitative estimate of drug-likeness (QED) is 0.278. The van der Waals surface area contributed by atoms with Crippen molar-refractivity contribution in [3.05, 3.63) is 102 Å². The average Bonchev–Trinajstić information content (AvgIpc) is 2.78. The standard InChI is InChI=1S/C27H30ClNO/c1-29(2)19-20-30-25-15-13-24(14-16-25)27(21-22-9-5-3-6-10-22)26(17-18-28)23-11-7-4-8-12-23/h3-16H,17-21H2,1-2H3/b27-26-. The number of allylic oxidation sites excluding steroid dienone is 2. The summed E-state index contributed by atoms with van der Waals surface area (Å²) < 4.78 is 5.88. The summed E-state index contributed by atoms with van der Waals surface area (Å²) in [5.74, 6) is 1.49. The van der Waals surface area contributed by atoms with Crippen molar-refractivity contribution < 1.29 is 4.74 Å². The summed E-state index contributed by atoms with van der Waals surface area (Å²) >= 11 is 6.23. The maximum absolute atomic E-state index is 6.23. The van der Waals surface area contributed by atoms with E-state index in [-0.39, 0.29) is 0 Å². The number of ether oxygens (including phenoxy) is 1. The van der Waals surface area contributed by atoms with Gasteiger partial charge in [0.1, 0.15) is 12.4 Å². The lowest BCUT2D eigenvalue weighted by molar-refractivity contribution is 0.261. The molecule has 0 saturated heterocycles. The topological polar surface area (TPSA) is 12.5 Å². The van der Waals surface area contributed by atoms with E-state index in [1.165, 1.54) is 27.8 Å². The fourth-order valence-corrected chi connectivity index (χ4v) is 3.67. The number of nitrogens with zero attached hydrogens (tertiary/aromatic N) is 1. The van der Waals surface area contributed by atoms with Gasteiger partial charge in [-0.2, -0.15) is 0 Å². The number of likely N-dealkylation sites (N-methyl/N-ethyl adjacent to an activating group) is 1. The van der Waals surface area contributed by atoms with E-state index in [4.69, 9.17) is 16.3 Å². The first kappa shape index (κ1) is 22.1. The van der Waals surface area contributed by atoms with Crippen LogP contribution in [0.15, 0.2) is 84.9 Å². The molecule has 0 saturated carbocycles. The third kappa shape index (κ3) is 6.48. The zero-order valence-corrected chi connectivity index (χ0v) is 18.6. The normalized spacial score (nSPS) is 12.0. The van der Waals surface area contributed by atoms with Gasteiger partial charge in [-0.1, -0.05) is 72.8 Å². The number of hydrogen-bond acceptors (Lipinski definition) is 2. The minimum atomic E-state index is 0.592. The van der Waals surface area contributed by atoms with E-state index in [0.29, 0.717) is 12.5 Å². The summed E-state index contributed by atoms with van der Waals surface area (Å²) in [6, 6.07) is 29.7. The van der Waals surface area contributed by atoms with Gasteiger partial charge in [0.25, 0.3) is 0 Å². The first-order chi connectivity index (χ1) is 14.7. The van der Waals surface area contributed by atoms with Gasteiger partial charge >= 0.3 is 0 Å². The lowest BCUT2D eigenvalue weighted by atomic mass is 9.89. The van der Waals surface area contributed by atoms with E-state index in [2.05, 4.69) is 104 Å². The molecule has 0 N–H and O–H groups in total. The van der Waals surface area contributed by atoms with Crippen LogP contribution in [0.2, 0.25) is 0 Å². The molecule has 0 amide bonds. The van der Waals surface area contributed by atoms with E-state index in [1.807, 2.05) is 0 Å². The Kier molecular flexibility index (Phi) is 8.55. The second kappa shape index (κ2) is 11.6. The van der Waals surface area contributed by atoms with Crippen LogP contribution >= 0.6 is 11.6 Å². The van der Waals surface area contributed by atoms with Crippen LogP contribution in [0.25, 0.3) is 11.1 Å². The molecule has 3 heteroatoms. The molecular weight excluding hydrogens is 390 g/mol. The Labute approximate surface area is 185 Å². The molecular formula is C27H30ClNO. The average molecular weight is 420 g/mol. The molecule has 0 atom stereocenters. The molecule has 0 heterocycles. The maximum atomic E-state index is 6.23. The third-order valence-electron chi connectivity index (χ3n) is 5.06. The fourth-order valence-electron chi connectivity index (χ4n) is 3.48. The molecule has 3 aromatic carbocycles. The van der Waals surface area contributed by atoms with Crippen molar-refractivity contribution in [3.8, 4) is 5.75 Å². The molecule has 0 unspecified atom stereocenters. The summed E-state index contributed by atoms with van der Waals surface area (Å²) in [6.45, 7) is 1.58. The Morgan fingerprint density at radius 1 is 0.767 bits per heavy atom. The third-order valence-corrected chi connectivity index (χ3v) is 5.25. The van der Waals surface area contributed by atoms with E-state index in [1.54, 1.807) is 0 Å². The highest BCUT2D eigenvalue weighted by atomic mass is 35.5. The number of benzene rings is 3. The summed E-state index contributed by atoms with van der Waals surface area (Å²) in [5, 5.41) is 0. The van der Waals surface area contributed by atoms with Crippen LogP contribution in [0.4, 0.5) is 0 Å². The zero-order valence-electron chi connectivity index (χ0n) is 17.9. The van der Waals surface area contributed by atoms with Gasteiger partial charge in [-0.05, 0) is 66.9 Å². The molecule has 0 aliphatic carbocycles. The van der Waals surface area contributed by atoms with Gasteiger partial charge in [0.2, 0.25) is 0 Å². The van der Waals surface area contributed by atoms with Crippen molar-refractivity contribution in [2.45, 2.75) is 12.8 Å². The number of hydrogen-bond donors (Lipinski definition) is 0. The van der Waals surface area contributed by atoms with Crippen LogP contribution in [0.1, 0.15) is 23.1 Å². The molecule has 30 heavy (non-hydrogen) atoms. The van der Waals surface area contributed by atoms with E-state index in [9.17, 15) is 0 Å². The van der Waals surface area contributed by atoms with E-state index >= 15 is 0 Å². The Morgan fingerprint density at radius 2 is 1.37 bits per heavy atom. The smallest absolute Gasteiger partial charge is 0.119 e. The Hall–Kier alpha value is -2.55. The van der Waals surface area contributed by atoms with E-state index < -0.39 is 0 Å². The van der Waals surface area contributed by atoms with Crippen LogP contribution in [0.5, 0.6) is 5.75 Å².